The zero-order valence-corrected chi connectivity index (χ0v) is 14.6. The van der Waals surface area contributed by atoms with E-state index in [9.17, 15) is 4.79 Å². The van der Waals surface area contributed by atoms with Gasteiger partial charge in [0.05, 0.1) is 6.61 Å². The highest BCUT2D eigenvalue weighted by Crippen LogP contribution is 2.10. The summed E-state index contributed by atoms with van der Waals surface area (Å²) in [6.45, 7) is 6.29. The molecule has 1 aliphatic heterocycles. The highest BCUT2D eigenvalue weighted by atomic mass is 16.5. The number of rotatable bonds is 7. The molecule has 1 atom stereocenters. The molecule has 0 aliphatic carbocycles. The van der Waals surface area contributed by atoms with Gasteiger partial charge in [-0.3, -0.25) is 9.69 Å². The van der Waals surface area contributed by atoms with Crippen molar-refractivity contribution in [2.75, 3.05) is 26.2 Å². The standard InChI is InChI=1S/C18H25N5O2/c1-2-23-14-20-21-17(23)8-9-19-18(24)16-13-22(10-11-25-16)12-15-6-4-3-5-7-15/h3-7,14,16H,2,8-13H2,1H3,(H,19,24)/t16-/m0/s1. The maximum Gasteiger partial charge on any atom is 0.250 e. The van der Waals surface area contributed by atoms with Gasteiger partial charge in [-0.25, -0.2) is 0 Å². The molecular weight excluding hydrogens is 318 g/mol. The minimum Gasteiger partial charge on any atom is -0.366 e. The van der Waals surface area contributed by atoms with Crippen LogP contribution < -0.4 is 5.32 Å². The second-order valence-electron chi connectivity index (χ2n) is 6.15. The molecule has 2 heterocycles. The molecule has 134 valence electrons. The molecule has 1 fully saturated rings. The fraction of sp³-hybridized carbons (Fsp3) is 0.500. The molecule has 0 unspecified atom stereocenters. The van der Waals surface area contributed by atoms with Crippen LogP contribution in [0.15, 0.2) is 36.7 Å². The van der Waals surface area contributed by atoms with Crippen LogP contribution in [0.4, 0.5) is 0 Å². The third-order valence-corrected chi connectivity index (χ3v) is 4.38. The SMILES string of the molecule is CCn1cnnc1CCNC(=O)[C@@H]1CN(Cc2ccccc2)CCO1. The van der Waals surface area contributed by atoms with Gasteiger partial charge in [0, 0.05) is 39.1 Å². The third-order valence-electron chi connectivity index (χ3n) is 4.38. The Hall–Kier alpha value is -2.25. The quantitative estimate of drug-likeness (QED) is 0.807. The normalized spacial score (nSPS) is 18.2. The van der Waals surface area contributed by atoms with Gasteiger partial charge in [0.25, 0.3) is 0 Å². The average Bonchev–Trinajstić information content (AvgIpc) is 3.10. The lowest BCUT2D eigenvalue weighted by Gasteiger charge is -2.32. The summed E-state index contributed by atoms with van der Waals surface area (Å²) >= 11 is 0. The highest BCUT2D eigenvalue weighted by Gasteiger charge is 2.26. The summed E-state index contributed by atoms with van der Waals surface area (Å²) in [5.41, 5.74) is 1.25. The van der Waals surface area contributed by atoms with E-state index in [2.05, 4.69) is 32.5 Å². The lowest BCUT2D eigenvalue weighted by molar-refractivity contribution is -0.138. The Labute approximate surface area is 148 Å². The highest BCUT2D eigenvalue weighted by molar-refractivity contribution is 5.81. The van der Waals surface area contributed by atoms with Crippen LogP contribution in [0.25, 0.3) is 0 Å². The summed E-state index contributed by atoms with van der Waals surface area (Å²) in [4.78, 5) is 14.6. The predicted octanol–water partition coefficient (Wildman–Crippen LogP) is 0.858. The zero-order valence-electron chi connectivity index (χ0n) is 14.6. The van der Waals surface area contributed by atoms with Crippen LogP contribution in [0, 0.1) is 0 Å². The molecule has 0 spiro atoms. The van der Waals surface area contributed by atoms with E-state index in [4.69, 9.17) is 4.74 Å². The van der Waals surface area contributed by atoms with Gasteiger partial charge in [0.2, 0.25) is 5.91 Å². The topological polar surface area (TPSA) is 72.3 Å². The Morgan fingerprint density at radius 1 is 1.36 bits per heavy atom. The van der Waals surface area contributed by atoms with Gasteiger partial charge >= 0.3 is 0 Å². The van der Waals surface area contributed by atoms with Crippen molar-refractivity contribution in [1.82, 2.24) is 25.0 Å². The van der Waals surface area contributed by atoms with E-state index in [0.29, 0.717) is 26.1 Å². The van der Waals surface area contributed by atoms with Crippen LogP contribution in [-0.4, -0.2) is 57.9 Å². The van der Waals surface area contributed by atoms with Crippen molar-refractivity contribution in [1.29, 1.82) is 0 Å². The van der Waals surface area contributed by atoms with Gasteiger partial charge in [-0.15, -0.1) is 10.2 Å². The van der Waals surface area contributed by atoms with E-state index < -0.39 is 6.10 Å². The van der Waals surface area contributed by atoms with Gasteiger partial charge in [-0.05, 0) is 12.5 Å². The van der Waals surface area contributed by atoms with Gasteiger partial charge < -0.3 is 14.6 Å². The molecule has 7 heteroatoms. The molecule has 0 radical (unpaired) electrons. The first kappa shape index (κ1) is 17.6. The van der Waals surface area contributed by atoms with Gasteiger partial charge in [0.15, 0.2) is 0 Å². The van der Waals surface area contributed by atoms with E-state index in [0.717, 1.165) is 25.5 Å². The van der Waals surface area contributed by atoms with Gasteiger partial charge in [0.1, 0.15) is 18.3 Å². The van der Waals surface area contributed by atoms with Crippen molar-refractivity contribution in [3.8, 4) is 0 Å². The lowest BCUT2D eigenvalue weighted by atomic mass is 10.2. The number of aromatic nitrogens is 3. The molecule has 0 bridgehead atoms. The summed E-state index contributed by atoms with van der Waals surface area (Å²) in [5, 5.41) is 10.9. The van der Waals surface area contributed by atoms with Gasteiger partial charge in [-0.2, -0.15) is 0 Å². The molecule has 1 N–H and O–H groups in total. The first-order chi connectivity index (χ1) is 12.3. The molecule has 25 heavy (non-hydrogen) atoms. The second-order valence-corrected chi connectivity index (χ2v) is 6.15. The minimum absolute atomic E-state index is 0.0553. The summed E-state index contributed by atoms with van der Waals surface area (Å²) < 4.78 is 7.63. The molecule has 7 nitrogen and oxygen atoms in total. The summed E-state index contributed by atoms with van der Waals surface area (Å²) in [7, 11) is 0. The number of benzene rings is 1. The summed E-state index contributed by atoms with van der Waals surface area (Å²) in [6.07, 6.45) is 1.96. The largest absolute Gasteiger partial charge is 0.366 e. The second kappa shape index (κ2) is 8.73. The summed E-state index contributed by atoms with van der Waals surface area (Å²) in [6, 6.07) is 10.3. The van der Waals surface area contributed by atoms with Crippen LogP contribution in [0.1, 0.15) is 18.3 Å². The lowest BCUT2D eigenvalue weighted by Crippen LogP contribution is -2.49. The van der Waals surface area contributed by atoms with Crippen LogP contribution in [0.2, 0.25) is 0 Å². The number of carbonyl (C=O) groups excluding carboxylic acids is 1. The molecule has 1 saturated heterocycles. The summed E-state index contributed by atoms with van der Waals surface area (Å²) in [5.74, 6) is 0.832. The van der Waals surface area contributed by atoms with E-state index >= 15 is 0 Å². The Kier molecular flexibility index (Phi) is 6.14. The maximum absolute atomic E-state index is 12.4. The first-order valence-electron chi connectivity index (χ1n) is 8.78. The molecule has 3 rings (SSSR count). The number of nitrogens with one attached hydrogen (secondary N) is 1. The molecule has 1 aromatic heterocycles. The molecule has 1 aromatic carbocycles. The fourth-order valence-corrected chi connectivity index (χ4v) is 2.99. The van der Waals surface area contributed by atoms with Crippen molar-refractivity contribution in [3.05, 3.63) is 48.0 Å². The van der Waals surface area contributed by atoms with E-state index in [-0.39, 0.29) is 5.91 Å². The first-order valence-corrected chi connectivity index (χ1v) is 8.78. The van der Waals surface area contributed by atoms with E-state index in [1.807, 2.05) is 29.7 Å². The average molecular weight is 343 g/mol. The fourth-order valence-electron chi connectivity index (χ4n) is 2.99. The zero-order chi connectivity index (χ0) is 17.5. The molecule has 1 amide bonds. The van der Waals surface area contributed by atoms with Crippen LogP contribution >= 0.6 is 0 Å². The molecule has 1 aliphatic rings. The minimum atomic E-state index is -0.415. The predicted molar refractivity (Wildman–Crippen MR) is 93.9 cm³/mol. The smallest absolute Gasteiger partial charge is 0.250 e. The Morgan fingerprint density at radius 2 is 2.20 bits per heavy atom. The Morgan fingerprint density at radius 3 is 3.00 bits per heavy atom. The molecule has 2 aromatic rings. The van der Waals surface area contributed by atoms with Crippen molar-refractivity contribution >= 4 is 5.91 Å². The monoisotopic (exact) mass is 343 g/mol. The number of nitrogens with zero attached hydrogens (tertiary/aromatic N) is 4. The Balaban J connectivity index is 1.45. The Bertz CT molecular complexity index is 673. The van der Waals surface area contributed by atoms with Crippen molar-refractivity contribution in [3.63, 3.8) is 0 Å². The van der Waals surface area contributed by atoms with E-state index in [1.54, 1.807) is 6.33 Å². The number of aryl methyl sites for hydroxylation is 1. The number of amides is 1. The number of hydrogen-bond acceptors (Lipinski definition) is 5. The van der Waals surface area contributed by atoms with Crippen molar-refractivity contribution < 1.29 is 9.53 Å². The maximum atomic E-state index is 12.4. The van der Waals surface area contributed by atoms with E-state index in [1.165, 1.54) is 5.56 Å². The molecule has 0 saturated carbocycles. The number of ether oxygens (including phenoxy) is 1. The third kappa shape index (κ3) is 4.87. The van der Waals surface area contributed by atoms with Crippen molar-refractivity contribution in [2.45, 2.75) is 32.5 Å². The van der Waals surface area contributed by atoms with Crippen LogP contribution in [0.3, 0.4) is 0 Å². The number of carbonyl (C=O) groups is 1. The number of morpholine rings is 1. The van der Waals surface area contributed by atoms with Crippen LogP contribution in [0.5, 0.6) is 0 Å². The number of hydrogen-bond donors (Lipinski definition) is 1. The molecular formula is C18H25N5O2. The van der Waals surface area contributed by atoms with Gasteiger partial charge in [-0.1, -0.05) is 30.3 Å². The van der Waals surface area contributed by atoms with Crippen LogP contribution in [-0.2, 0) is 29.0 Å². The van der Waals surface area contributed by atoms with Crippen molar-refractivity contribution in [2.24, 2.45) is 0 Å².